The fraction of sp³-hybridized carbons (Fsp3) is 0.429. The lowest BCUT2D eigenvalue weighted by molar-refractivity contribution is -0.137. The summed E-state index contributed by atoms with van der Waals surface area (Å²) in [7, 11) is -3.88. The van der Waals surface area contributed by atoms with Gasteiger partial charge in [-0.15, -0.1) is 0 Å². The fourth-order valence-electron chi connectivity index (χ4n) is 1.73. The van der Waals surface area contributed by atoms with Crippen LogP contribution in [-0.4, -0.2) is 37.8 Å². The molecule has 0 aromatic heterocycles. The van der Waals surface area contributed by atoms with Crippen LogP contribution < -0.4 is 0 Å². The highest BCUT2D eigenvalue weighted by molar-refractivity contribution is 7.91. The van der Waals surface area contributed by atoms with Gasteiger partial charge in [-0.3, -0.25) is 9.63 Å². The number of benzene rings is 1. The van der Waals surface area contributed by atoms with Crippen molar-refractivity contribution in [3.63, 3.8) is 0 Å². The summed E-state index contributed by atoms with van der Waals surface area (Å²) in [5.41, 5.74) is -0.416. The Balaban J connectivity index is 3.30. The van der Waals surface area contributed by atoms with Gasteiger partial charge in [0.25, 0.3) is 5.91 Å². The molecule has 1 rings (SSSR count). The number of sulfone groups is 1. The van der Waals surface area contributed by atoms with E-state index < -0.39 is 32.9 Å². The van der Waals surface area contributed by atoms with Crippen LogP contribution >= 0.6 is 0 Å². The predicted octanol–water partition coefficient (Wildman–Crippen LogP) is 1.93. The van der Waals surface area contributed by atoms with E-state index in [0.717, 1.165) is 23.3 Å². The summed E-state index contributed by atoms with van der Waals surface area (Å²) in [5.74, 6) is -2.37. The highest BCUT2D eigenvalue weighted by Gasteiger charge is 2.25. The largest absolute Gasteiger partial charge is 0.280 e. The second kappa shape index (κ2) is 7.33. The second-order valence-corrected chi connectivity index (χ2v) is 6.69. The lowest BCUT2D eigenvalue weighted by atomic mass is 10.2. The maximum atomic E-state index is 13.9. The number of nitriles is 1. The first-order chi connectivity index (χ1) is 10.2. The van der Waals surface area contributed by atoms with Gasteiger partial charge in [0, 0.05) is 0 Å². The Morgan fingerprint density at radius 1 is 1.45 bits per heavy atom. The molecular formula is C14H17FN2O4S. The Morgan fingerprint density at radius 3 is 2.59 bits per heavy atom. The smallest absolute Gasteiger partial charge is 0.271 e. The second-order valence-electron chi connectivity index (χ2n) is 4.70. The van der Waals surface area contributed by atoms with Crippen molar-refractivity contribution in [1.82, 2.24) is 5.06 Å². The van der Waals surface area contributed by atoms with Gasteiger partial charge in [-0.25, -0.2) is 17.9 Å². The fourth-order valence-corrected chi connectivity index (χ4v) is 2.64. The van der Waals surface area contributed by atoms with E-state index in [2.05, 4.69) is 0 Å². The van der Waals surface area contributed by atoms with Gasteiger partial charge < -0.3 is 0 Å². The zero-order valence-corrected chi connectivity index (χ0v) is 13.4. The first kappa shape index (κ1) is 18.1. The SMILES string of the molecule is CCON(C(=O)c1cc(S(=O)(=O)CC#N)ccc1F)C(C)C. The molecule has 0 saturated carbocycles. The van der Waals surface area contributed by atoms with Crippen molar-refractivity contribution in [2.24, 2.45) is 0 Å². The first-order valence-electron chi connectivity index (χ1n) is 6.60. The van der Waals surface area contributed by atoms with Crippen molar-refractivity contribution in [1.29, 1.82) is 5.26 Å². The molecule has 0 spiro atoms. The van der Waals surface area contributed by atoms with Crippen LogP contribution in [0.3, 0.4) is 0 Å². The molecule has 0 saturated heterocycles. The summed E-state index contributed by atoms with van der Waals surface area (Å²) >= 11 is 0. The van der Waals surface area contributed by atoms with Gasteiger partial charge in [0.05, 0.1) is 29.2 Å². The maximum absolute atomic E-state index is 13.9. The Labute approximate surface area is 129 Å². The number of hydrogen-bond acceptors (Lipinski definition) is 5. The Kier molecular flexibility index (Phi) is 6.02. The number of carbonyl (C=O) groups is 1. The number of rotatable bonds is 6. The third-order valence-electron chi connectivity index (χ3n) is 2.72. The monoisotopic (exact) mass is 328 g/mol. The zero-order chi connectivity index (χ0) is 16.9. The highest BCUT2D eigenvalue weighted by atomic mass is 32.2. The Bertz CT molecular complexity index is 695. The zero-order valence-electron chi connectivity index (χ0n) is 12.5. The molecule has 22 heavy (non-hydrogen) atoms. The van der Waals surface area contributed by atoms with Crippen LogP contribution in [0.4, 0.5) is 4.39 Å². The number of hydrogen-bond donors (Lipinski definition) is 0. The van der Waals surface area contributed by atoms with Gasteiger partial charge in [0.2, 0.25) is 0 Å². The standard InChI is InChI=1S/C14H17FN2O4S/c1-4-21-17(10(2)3)14(18)12-9-11(5-6-13(12)15)22(19,20)8-7-16/h5-6,9-10H,4,8H2,1-3H3. The van der Waals surface area contributed by atoms with Crippen molar-refractivity contribution in [2.45, 2.75) is 31.7 Å². The lowest BCUT2D eigenvalue weighted by Gasteiger charge is -2.25. The van der Waals surface area contributed by atoms with Crippen molar-refractivity contribution >= 4 is 15.7 Å². The molecule has 0 aliphatic rings. The van der Waals surface area contributed by atoms with E-state index in [1.54, 1.807) is 20.8 Å². The average molecular weight is 328 g/mol. The quantitative estimate of drug-likeness (QED) is 0.588. The summed E-state index contributed by atoms with van der Waals surface area (Å²) in [5, 5.41) is 9.51. The molecule has 0 aliphatic carbocycles. The van der Waals surface area contributed by atoms with Crippen molar-refractivity contribution in [3.8, 4) is 6.07 Å². The van der Waals surface area contributed by atoms with Crippen LogP contribution in [0.5, 0.6) is 0 Å². The molecular weight excluding hydrogens is 311 g/mol. The third kappa shape index (κ3) is 4.02. The van der Waals surface area contributed by atoms with E-state index in [9.17, 15) is 17.6 Å². The molecule has 0 unspecified atom stereocenters. The van der Waals surface area contributed by atoms with Gasteiger partial charge in [-0.05, 0) is 39.0 Å². The van der Waals surface area contributed by atoms with Crippen LogP contribution in [0.25, 0.3) is 0 Å². The molecule has 0 heterocycles. The van der Waals surface area contributed by atoms with Crippen molar-refractivity contribution in [3.05, 3.63) is 29.6 Å². The van der Waals surface area contributed by atoms with Crippen LogP contribution in [0, 0.1) is 17.1 Å². The summed E-state index contributed by atoms with van der Waals surface area (Å²) in [6.45, 7) is 5.24. The maximum Gasteiger partial charge on any atom is 0.280 e. The van der Waals surface area contributed by atoms with Gasteiger partial charge >= 0.3 is 0 Å². The molecule has 1 aromatic carbocycles. The van der Waals surface area contributed by atoms with Crippen molar-refractivity contribution < 1.29 is 22.4 Å². The topological polar surface area (TPSA) is 87.5 Å². The number of carbonyl (C=O) groups excluding carboxylic acids is 1. The van der Waals surface area contributed by atoms with E-state index in [0.29, 0.717) is 0 Å². The van der Waals surface area contributed by atoms with Crippen LogP contribution in [-0.2, 0) is 14.7 Å². The summed E-state index contributed by atoms with van der Waals surface area (Å²) in [6.07, 6.45) is 0. The Morgan fingerprint density at radius 2 is 2.09 bits per heavy atom. The van der Waals surface area contributed by atoms with E-state index in [1.807, 2.05) is 0 Å². The number of nitrogens with zero attached hydrogens (tertiary/aromatic N) is 2. The first-order valence-corrected chi connectivity index (χ1v) is 8.25. The molecule has 0 fully saturated rings. The van der Waals surface area contributed by atoms with E-state index in [-0.39, 0.29) is 17.5 Å². The molecule has 1 aromatic rings. The molecule has 8 heteroatoms. The van der Waals surface area contributed by atoms with Crippen LogP contribution in [0.1, 0.15) is 31.1 Å². The average Bonchev–Trinajstić information content (AvgIpc) is 2.44. The number of halogens is 1. The third-order valence-corrected chi connectivity index (χ3v) is 4.20. The molecule has 0 aliphatic heterocycles. The molecule has 120 valence electrons. The van der Waals surface area contributed by atoms with E-state index >= 15 is 0 Å². The molecule has 0 atom stereocenters. The summed E-state index contributed by atoms with van der Waals surface area (Å²) < 4.78 is 37.6. The normalized spacial score (nSPS) is 11.3. The Hall–Kier alpha value is -1.98. The minimum absolute atomic E-state index is 0.206. The minimum Gasteiger partial charge on any atom is -0.271 e. The van der Waals surface area contributed by atoms with Gasteiger partial charge in [-0.2, -0.15) is 5.26 Å². The number of hydroxylamine groups is 2. The minimum atomic E-state index is -3.88. The van der Waals surface area contributed by atoms with Gasteiger partial charge in [0.1, 0.15) is 11.6 Å². The van der Waals surface area contributed by atoms with Crippen LogP contribution in [0.2, 0.25) is 0 Å². The predicted molar refractivity (Wildman–Crippen MR) is 77.0 cm³/mol. The lowest BCUT2D eigenvalue weighted by Crippen LogP contribution is -2.37. The summed E-state index contributed by atoms with van der Waals surface area (Å²) in [6, 6.07) is 4.02. The van der Waals surface area contributed by atoms with Crippen LogP contribution in [0.15, 0.2) is 23.1 Å². The number of amides is 1. The van der Waals surface area contributed by atoms with E-state index in [1.165, 1.54) is 6.07 Å². The molecule has 1 amide bonds. The molecule has 0 N–H and O–H groups in total. The van der Waals surface area contributed by atoms with Gasteiger partial charge in [0.15, 0.2) is 9.84 Å². The van der Waals surface area contributed by atoms with Gasteiger partial charge in [-0.1, -0.05) is 0 Å². The van der Waals surface area contributed by atoms with E-state index in [4.69, 9.17) is 10.1 Å². The molecule has 0 bridgehead atoms. The highest BCUT2D eigenvalue weighted by Crippen LogP contribution is 2.19. The molecule has 6 nitrogen and oxygen atoms in total. The summed E-state index contributed by atoms with van der Waals surface area (Å²) in [4.78, 5) is 17.2. The molecule has 0 radical (unpaired) electrons. The van der Waals surface area contributed by atoms with Crippen molar-refractivity contribution in [2.75, 3.05) is 12.4 Å².